The first kappa shape index (κ1) is 11.3. The van der Waals surface area contributed by atoms with Gasteiger partial charge in [-0.3, -0.25) is 4.79 Å². The van der Waals surface area contributed by atoms with E-state index in [0.29, 0.717) is 23.5 Å². The second kappa shape index (κ2) is 4.61. The molecule has 0 unspecified atom stereocenters. The van der Waals surface area contributed by atoms with Crippen LogP contribution in [0.15, 0.2) is 12.1 Å². The molecule has 0 aliphatic rings. The molecule has 0 amide bonds. The number of ketones is 1. The zero-order chi connectivity index (χ0) is 11.4. The molecule has 0 N–H and O–H groups in total. The molecule has 0 saturated heterocycles. The fourth-order valence-corrected chi connectivity index (χ4v) is 1.38. The highest BCUT2D eigenvalue weighted by atomic mass is 16.5. The van der Waals surface area contributed by atoms with Crippen LogP contribution in [0.25, 0.3) is 0 Å². The molecule has 0 aliphatic carbocycles. The average molecular weight is 203 g/mol. The summed E-state index contributed by atoms with van der Waals surface area (Å²) < 4.78 is 5.37. The van der Waals surface area contributed by atoms with Crippen LogP contribution in [0.5, 0.6) is 5.75 Å². The Kier molecular flexibility index (Phi) is 3.46. The molecule has 1 aromatic carbocycles. The molecule has 1 rings (SSSR count). The average Bonchev–Trinajstić information content (AvgIpc) is 2.20. The lowest BCUT2D eigenvalue weighted by atomic mass is 10.0. The van der Waals surface area contributed by atoms with E-state index in [0.717, 1.165) is 5.56 Å². The molecule has 15 heavy (non-hydrogen) atoms. The normalized spacial score (nSPS) is 9.47. The summed E-state index contributed by atoms with van der Waals surface area (Å²) in [5, 5.41) is 8.87. The Morgan fingerprint density at radius 2 is 2.20 bits per heavy atom. The number of carbonyl (C=O) groups excluding carboxylic acids is 1. The number of Topliss-reactive ketones (excluding diaryl/α,β-unsaturated/α-hetero) is 1. The van der Waals surface area contributed by atoms with E-state index in [1.165, 1.54) is 6.92 Å². The Morgan fingerprint density at radius 1 is 1.53 bits per heavy atom. The van der Waals surface area contributed by atoms with Gasteiger partial charge >= 0.3 is 0 Å². The fraction of sp³-hybridized carbons (Fsp3) is 0.333. The van der Waals surface area contributed by atoms with Crippen LogP contribution >= 0.6 is 0 Å². The summed E-state index contributed by atoms with van der Waals surface area (Å²) in [6, 6.07) is 5.33. The van der Waals surface area contributed by atoms with Crippen molar-refractivity contribution in [3.63, 3.8) is 0 Å². The second-order valence-corrected chi connectivity index (χ2v) is 3.26. The largest absolute Gasteiger partial charge is 0.494 e. The van der Waals surface area contributed by atoms with Crippen molar-refractivity contribution >= 4 is 5.78 Å². The molecular weight excluding hydrogens is 190 g/mol. The van der Waals surface area contributed by atoms with E-state index < -0.39 is 0 Å². The Morgan fingerprint density at radius 3 is 2.67 bits per heavy atom. The molecular formula is C12H13NO2. The lowest BCUT2D eigenvalue weighted by Crippen LogP contribution is -2.01. The van der Waals surface area contributed by atoms with E-state index >= 15 is 0 Å². The van der Waals surface area contributed by atoms with Crippen LogP contribution in [0.2, 0.25) is 0 Å². The number of carbonyl (C=O) groups is 1. The van der Waals surface area contributed by atoms with Crippen molar-refractivity contribution < 1.29 is 9.53 Å². The monoisotopic (exact) mass is 203 g/mol. The quantitative estimate of drug-likeness (QED) is 0.709. The zero-order valence-corrected chi connectivity index (χ0v) is 9.13. The van der Waals surface area contributed by atoms with Gasteiger partial charge in [0.15, 0.2) is 5.78 Å². The van der Waals surface area contributed by atoms with Crippen molar-refractivity contribution in [1.29, 1.82) is 5.26 Å². The summed E-state index contributed by atoms with van der Waals surface area (Å²) >= 11 is 0. The first-order valence-electron chi connectivity index (χ1n) is 4.78. The van der Waals surface area contributed by atoms with Gasteiger partial charge in [-0.15, -0.1) is 0 Å². The molecule has 0 aliphatic heterocycles. The van der Waals surface area contributed by atoms with Crippen LogP contribution in [0.3, 0.4) is 0 Å². The van der Waals surface area contributed by atoms with E-state index in [-0.39, 0.29) is 5.78 Å². The van der Waals surface area contributed by atoms with Crippen molar-refractivity contribution in [2.24, 2.45) is 0 Å². The summed E-state index contributed by atoms with van der Waals surface area (Å²) in [6.45, 7) is 5.73. The molecule has 0 fully saturated rings. The van der Waals surface area contributed by atoms with Gasteiger partial charge in [-0.25, -0.2) is 0 Å². The van der Waals surface area contributed by atoms with Crippen molar-refractivity contribution in [1.82, 2.24) is 0 Å². The van der Waals surface area contributed by atoms with E-state index in [4.69, 9.17) is 10.00 Å². The predicted molar refractivity (Wildman–Crippen MR) is 57.1 cm³/mol. The van der Waals surface area contributed by atoms with Gasteiger partial charge in [0.05, 0.1) is 18.2 Å². The molecule has 0 atom stereocenters. The fourth-order valence-electron chi connectivity index (χ4n) is 1.38. The SMILES string of the molecule is CCOc1cc(C(C)=O)c(C#N)cc1C. The third-order valence-corrected chi connectivity index (χ3v) is 2.11. The van der Waals surface area contributed by atoms with Crippen LogP contribution in [-0.4, -0.2) is 12.4 Å². The standard InChI is InChI=1S/C12H13NO2/c1-4-15-12-6-11(9(3)14)10(7-13)5-8(12)2/h5-6H,4H2,1-3H3. The summed E-state index contributed by atoms with van der Waals surface area (Å²) in [5.41, 5.74) is 1.70. The molecule has 0 heterocycles. The van der Waals surface area contributed by atoms with Crippen molar-refractivity contribution in [3.8, 4) is 11.8 Å². The van der Waals surface area contributed by atoms with Crippen molar-refractivity contribution in [2.75, 3.05) is 6.61 Å². The summed E-state index contributed by atoms with van der Waals surface area (Å²) in [6.07, 6.45) is 0. The maximum absolute atomic E-state index is 11.3. The minimum Gasteiger partial charge on any atom is -0.494 e. The second-order valence-electron chi connectivity index (χ2n) is 3.26. The van der Waals surface area contributed by atoms with Gasteiger partial charge in [0, 0.05) is 5.56 Å². The van der Waals surface area contributed by atoms with Crippen molar-refractivity contribution in [3.05, 3.63) is 28.8 Å². The third kappa shape index (κ3) is 2.35. The molecule has 0 bridgehead atoms. The highest BCUT2D eigenvalue weighted by molar-refractivity contribution is 5.97. The maximum atomic E-state index is 11.3. The highest BCUT2D eigenvalue weighted by Crippen LogP contribution is 2.23. The molecule has 1 aromatic rings. The summed E-state index contributed by atoms with van der Waals surface area (Å²) in [5.74, 6) is 0.550. The van der Waals surface area contributed by atoms with Gasteiger partial charge in [0.1, 0.15) is 5.75 Å². The van der Waals surface area contributed by atoms with Crippen LogP contribution in [-0.2, 0) is 0 Å². The predicted octanol–water partition coefficient (Wildman–Crippen LogP) is 2.47. The van der Waals surface area contributed by atoms with Crippen LogP contribution in [0, 0.1) is 18.3 Å². The highest BCUT2D eigenvalue weighted by Gasteiger charge is 2.11. The topological polar surface area (TPSA) is 50.1 Å². The van der Waals surface area contributed by atoms with Gasteiger partial charge in [-0.2, -0.15) is 5.26 Å². The minimum absolute atomic E-state index is 0.118. The number of nitriles is 1. The molecule has 0 spiro atoms. The van der Waals surface area contributed by atoms with E-state index in [1.807, 2.05) is 19.9 Å². The van der Waals surface area contributed by atoms with Crippen LogP contribution in [0.4, 0.5) is 0 Å². The lowest BCUT2D eigenvalue weighted by Gasteiger charge is -2.09. The number of ether oxygens (including phenoxy) is 1. The molecule has 3 nitrogen and oxygen atoms in total. The molecule has 3 heteroatoms. The summed E-state index contributed by atoms with van der Waals surface area (Å²) in [4.78, 5) is 11.3. The van der Waals surface area contributed by atoms with E-state index in [9.17, 15) is 4.79 Å². The minimum atomic E-state index is -0.118. The Balaban J connectivity index is 3.32. The number of hydrogen-bond acceptors (Lipinski definition) is 3. The van der Waals surface area contributed by atoms with Gasteiger partial charge in [-0.05, 0) is 38.5 Å². The molecule has 0 radical (unpaired) electrons. The first-order valence-corrected chi connectivity index (χ1v) is 4.78. The van der Waals surface area contributed by atoms with E-state index in [1.54, 1.807) is 12.1 Å². The summed E-state index contributed by atoms with van der Waals surface area (Å²) in [7, 11) is 0. The van der Waals surface area contributed by atoms with Gasteiger partial charge in [-0.1, -0.05) is 0 Å². The van der Waals surface area contributed by atoms with Gasteiger partial charge in [0.2, 0.25) is 0 Å². The Bertz CT molecular complexity index is 430. The first-order chi connectivity index (χ1) is 7.10. The number of benzene rings is 1. The molecule has 0 aromatic heterocycles. The number of hydrogen-bond donors (Lipinski definition) is 0. The Hall–Kier alpha value is -1.82. The number of aryl methyl sites for hydroxylation is 1. The number of nitrogens with zero attached hydrogens (tertiary/aromatic N) is 1. The van der Waals surface area contributed by atoms with Crippen LogP contribution < -0.4 is 4.74 Å². The molecule has 78 valence electrons. The van der Waals surface area contributed by atoms with Gasteiger partial charge in [0.25, 0.3) is 0 Å². The Labute approximate surface area is 89.3 Å². The number of rotatable bonds is 3. The lowest BCUT2D eigenvalue weighted by molar-refractivity contribution is 0.101. The van der Waals surface area contributed by atoms with Gasteiger partial charge < -0.3 is 4.74 Å². The molecule has 0 saturated carbocycles. The maximum Gasteiger partial charge on any atom is 0.161 e. The van der Waals surface area contributed by atoms with Crippen LogP contribution in [0.1, 0.15) is 35.3 Å². The van der Waals surface area contributed by atoms with Crippen molar-refractivity contribution in [2.45, 2.75) is 20.8 Å². The van der Waals surface area contributed by atoms with E-state index in [2.05, 4.69) is 0 Å². The zero-order valence-electron chi connectivity index (χ0n) is 9.13. The third-order valence-electron chi connectivity index (χ3n) is 2.11. The smallest absolute Gasteiger partial charge is 0.161 e.